The van der Waals surface area contributed by atoms with E-state index in [1.54, 1.807) is 27.5 Å². The topological polar surface area (TPSA) is 50.5 Å². The maximum atomic E-state index is 10.1. The van der Waals surface area contributed by atoms with E-state index in [2.05, 4.69) is 10.00 Å². The Hall–Kier alpha value is -0.845. The average Bonchev–Trinajstić information content (AvgIpc) is 2.76. The molecule has 1 fully saturated rings. The van der Waals surface area contributed by atoms with Crippen molar-refractivity contribution in [3.63, 3.8) is 0 Å². The molecule has 5 nitrogen and oxygen atoms in total. The Kier molecular flexibility index (Phi) is 5.12. The van der Waals surface area contributed by atoms with Crippen LogP contribution >= 0.6 is 0 Å². The molecule has 0 saturated carbocycles. The van der Waals surface area contributed by atoms with Gasteiger partial charge in [-0.15, -0.1) is 0 Å². The molecule has 0 atom stereocenters. The predicted molar refractivity (Wildman–Crippen MR) is 84.8 cm³/mol. The number of likely N-dealkylation sites (tertiary alicyclic amines) is 1. The minimum Gasteiger partial charge on any atom is -0.427 e. The molecule has 0 aromatic carbocycles. The average molecular weight is 292 g/mol. The molecule has 6 heteroatoms. The first-order chi connectivity index (χ1) is 9.78. The van der Waals surface area contributed by atoms with Crippen LogP contribution in [0.3, 0.4) is 0 Å². The van der Waals surface area contributed by atoms with Crippen LogP contribution in [-0.2, 0) is 11.2 Å². The van der Waals surface area contributed by atoms with Crippen molar-refractivity contribution in [3.8, 4) is 0 Å². The summed E-state index contributed by atoms with van der Waals surface area (Å²) in [5, 5.41) is 14.4. The van der Waals surface area contributed by atoms with Crippen LogP contribution in [0.25, 0.3) is 0 Å². The van der Waals surface area contributed by atoms with E-state index in [0.29, 0.717) is 0 Å². The Balaban J connectivity index is 1.74. The van der Waals surface area contributed by atoms with Gasteiger partial charge in [0.25, 0.3) is 0 Å². The third-order valence-corrected chi connectivity index (χ3v) is 4.43. The first-order valence-electron chi connectivity index (χ1n) is 7.76. The van der Waals surface area contributed by atoms with E-state index in [0.717, 1.165) is 25.0 Å². The SMILES string of the molecule is CC(C)(O)C(C)(C)O[B]c1cnn(CCCN2CCC2)c1. The minimum absolute atomic E-state index is 0.646. The molecule has 1 saturated heterocycles. The summed E-state index contributed by atoms with van der Waals surface area (Å²) in [6, 6.07) is 0. The maximum Gasteiger partial charge on any atom is 0.334 e. The molecule has 1 N–H and O–H groups in total. The summed E-state index contributed by atoms with van der Waals surface area (Å²) in [4.78, 5) is 2.46. The fraction of sp³-hybridized carbons (Fsp3) is 0.800. The van der Waals surface area contributed by atoms with Crippen molar-refractivity contribution in [1.29, 1.82) is 0 Å². The van der Waals surface area contributed by atoms with Crippen molar-refractivity contribution in [3.05, 3.63) is 12.4 Å². The van der Waals surface area contributed by atoms with Gasteiger partial charge in [-0.3, -0.25) is 4.68 Å². The summed E-state index contributed by atoms with van der Waals surface area (Å²) in [5.41, 5.74) is -0.625. The minimum atomic E-state index is -0.906. The Morgan fingerprint density at radius 3 is 2.57 bits per heavy atom. The van der Waals surface area contributed by atoms with Crippen LogP contribution in [0.5, 0.6) is 0 Å². The van der Waals surface area contributed by atoms with Gasteiger partial charge in [-0.25, -0.2) is 0 Å². The highest BCUT2D eigenvalue weighted by Crippen LogP contribution is 2.24. The molecule has 0 unspecified atom stereocenters. The summed E-state index contributed by atoms with van der Waals surface area (Å²) >= 11 is 0. The van der Waals surface area contributed by atoms with E-state index in [4.69, 9.17) is 4.65 Å². The smallest absolute Gasteiger partial charge is 0.334 e. The van der Waals surface area contributed by atoms with Gasteiger partial charge in [-0.2, -0.15) is 5.10 Å². The zero-order chi connectivity index (χ0) is 15.5. The fourth-order valence-corrected chi connectivity index (χ4v) is 1.98. The number of rotatable bonds is 8. The molecular weight excluding hydrogens is 265 g/mol. The molecule has 0 amide bonds. The van der Waals surface area contributed by atoms with Gasteiger partial charge in [0, 0.05) is 18.9 Å². The van der Waals surface area contributed by atoms with E-state index in [1.807, 2.05) is 24.7 Å². The molecule has 1 radical (unpaired) electrons. The molecular formula is C15H27BN3O2. The second-order valence-electron chi connectivity index (χ2n) is 6.89. The second-order valence-corrected chi connectivity index (χ2v) is 6.89. The van der Waals surface area contributed by atoms with Crippen LogP contribution in [-0.4, -0.2) is 58.1 Å². The van der Waals surface area contributed by atoms with Gasteiger partial charge in [0.15, 0.2) is 0 Å². The lowest BCUT2D eigenvalue weighted by atomic mass is 9.84. The van der Waals surface area contributed by atoms with Crippen molar-refractivity contribution in [1.82, 2.24) is 14.7 Å². The van der Waals surface area contributed by atoms with Crippen molar-refractivity contribution in [2.75, 3.05) is 19.6 Å². The van der Waals surface area contributed by atoms with Crippen molar-refractivity contribution >= 4 is 12.9 Å². The monoisotopic (exact) mass is 292 g/mol. The zero-order valence-electron chi connectivity index (χ0n) is 13.7. The highest BCUT2D eigenvalue weighted by molar-refractivity contribution is 6.46. The second kappa shape index (κ2) is 6.50. The molecule has 0 spiro atoms. The van der Waals surface area contributed by atoms with E-state index in [9.17, 15) is 5.11 Å². The standard InChI is InChI=1S/C15H27BN3O2/c1-14(2,20)15(3,4)21-16-13-11-17-19(12-13)10-6-9-18-7-5-8-18/h11-12,20H,5-10H2,1-4H3. The number of nitrogens with zero attached hydrogens (tertiary/aromatic N) is 3. The first-order valence-corrected chi connectivity index (χ1v) is 7.76. The lowest BCUT2D eigenvalue weighted by Gasteiger charge is -2.37. The highest BCUT2D eigenvalue weighted by Gasteiger charge is 2.35. The molecule has 0 aliphatic carbocycles. The number of aliphatic hydroxyl groups is 1. The number of aromatic nitrogens is 2. The van der Waals surface area contributed by atoms with Gasteiger partial charge >= 0.3 is 7.48 Å². The molecule has 2 heterocycles. The van der Waals surface area contributed by atoms with Crippen LogP contribution in [0.1, 0.15) is 40.5 Å². The summed E-state index contributed by atoms with van der Waals surface area (Å²) < 4.78 is 7.68. The first kappa shape index (κ1) is 16.5. The third kappa shape index (κ3) is 4.56. The Morgan fingerprint density at radius 1 is 1.29 bits per heavy atom. The van der Waals surface area contributed by atoms with E-state index < -0.39 is 11.2 Å². The summed E-state index contributed by atoms with van der Waals surface area (Å²) in [6.45, 7) is 11.8. The van der Waals surface area contributed by atoms with Gasteiger partial charge in [0.1, 0.15) is 0 Å². The number of hydrogen-bond acceptors (Lipinski definition) is 4. The molecule has 1 aliphatic heterocycles. The molecule has 1 aromatic rings. The predicted octanol–water partition coefficient (Wildman–Crippen LogP) is 0.789. The fourth-order valence-electron chi connectivity index (χ4n) is 1.98. The molecule has 1 aliphatic rings. The van der Waals surface area contributed by atoms with Crippen LogP contribution in [0.15, 0.2) is 12.4 Å². The van der Waals surface area contributed by atoms with Crippen LogP contribution < -0.4 is 5.46 Å². The largest absolute Gasteiger partial charge is 0.427 e. The van der Waals surface area contributed by atoms with Gasteiger partial charge in [0.05, 0.1) is 11.2 Å². The van der Waals surface area contributed by atoms with E-state index in [-0.39, 0.29) is 0 Å². The van der Waals surface area contributed by atoms with Crippen molar-refractivity contribution < 1.29 is 9.76 Å². The Bertz CT molecular complexity index is 450. The quantitative estimate of drug-likeness (QED) is 0.720. The highest BCUT2D eigenvalue weighted by atomic mass is 16.5. The Morgan fingerprint density at radius 2 is 2.00 bits per heavy atom. The normalized spacial score (nSPS) is 16.8. The third-order valence-electron chi connectivity index (χ3n) is 4.43. The molecule has 2 rings (SSSR count). The van der Waals surface area contributed by atoms with E-state index >= 15 is 0 Å². The van der Waals surface area contributed by atoms with Gasteiger partial charge in [-0.1, -0.05) is 0 Å². The lowest BCUT2D eigenvalue weighted by Crippen LogP contribution is -2.49. The maximum absolute atomic E-state index is 10.1. The summed E-state index contributed by atoms with van der Waals surface area (Å²) in [5.74, 6) is 0. The van der Waals surface area contributed by atoms with Gasteiger partial charge in [-0.05, 0) is 65.6 Å². The number of aryl methyl sites for hydroxylation is 1. The van der Waals surface area contributed by atoms with Gasteiger partial charge < -0.3 is 14.7 Å². The Labute approximate surface area is 128 Å². The summed E-state index contributed by atoms with van der Waals surface area (Å²) in [6.07, 6.45) is 6.24. The summed E-state index contributed by atoms with van der Waals surface area (Å²) in [7, 11) is 1.68. The lowest BCUT2D eigenvalue weighted by molar-refractivity contribution is -0.0893. The zero-order valence-corrected chi connectivity index (χ0v) is 13.7. The van der Waals surface area contributed by atoms with E-state index in [1.165, 1.54) is 19.5 Å². The van der Waals surface area contributed by atoms with Crippen molar-refractivity contribution in [2.24, 2.45) is 0 Å². The van der Waals surface area contributed by atoms with Crippen LogP contribution in [0.2, 0.25) is 0 Å². The molecule has 0 bridgehead atoms. The van der Waals surface area contributed by atoms with Crippen LogP contribution in [0, 0.1) is 0 Å². The molecule has 117 valence electrons. The molecule has 1 aromatic heterocycles. The molecule has 21 heavy (non-hydrogen) atoms. The van der Waals surface area contributed by atoms with Crippen molar-refractivity contribution in [2.45, 2.75) is 58.3 Å². The number of hydrogen-bond donors (Lipinski definition) is 1. The van der Waals surface area contributed by atoms with Crippen LogP contribution in [0.4, 0.5) is 0 Å². The van der Waals surface area contributed by atoms with Gasteiger partial charge in [0.2, 0.25) is 0 Å².